The quantitative estimate of drug-likeness (QED) is 0.866. The van der Waals surface area contributed by atoms with Gasteiger partial charge in [-0.25, -0.2) is 4.98 Å². The van der Waals surface area contributed by atoms with Crippen LogP contribution in [0.2, 0.25) is 0 Å². The van der Waals surface area contributed by atoms with E-state index >= 15 is 0 Å². The minimum absolute atomic E-state index is 0.00822. The summed E-state index contributed by atoms with van der Waals surface area (Å²) in [5.74, 6) is 1.02. The Morgan fingerprint density at radius 2 is 2.32 bits per heavy atom. The second-order valence-corrected chi connectivity index (χ2v) is 5.93. The number of imidazole rings is 1. The maximum atomic E-state index is 12.2. The van der Waals surface area contributed by atoms with E-state index in [2.05, 4.69) is 32.3 Å². The molecule has 0 spiro atoms. The Kier molecular flexibility index (Phi) is 3.73. The van der Waals surface area contributed by atoms with Gasteiger partial charge in [-0.2, -0.15) is 0 Å². The van der Waals surface area contributed by atoms with Gasteiger partial charge < -0.3 is 9.88 Å². The maximum absolute atomic E-state index is 12.2. The lowest BCUT2D eigenvalue weighted by atomic mass is 10.2. The first-order chi connectivity index (χ1) is 9.25. The third-order valence-electron chi connectivity index (χ3n) is 3.87. The predicted octanol–water partition coefficient (Wildman–Crippen LogP) is 2.82. The first kappa shape index (κ1) is 12.9. The van der Waals surface area contributed by atoms with Gasteiger partial charge in [-0.3, -0.25) is 4.79 Å². The van der Waals surface area contributed by atoms with Gasteiger partial charge in [0.1, 0.15) is 16.1 Å². The van der Waals surface area contributed by atoms with E-state index in [1.807, 2.05) is 4.57 Å². The number of fused-ring (bicyclic) bond motifs is 1. The predicted molar refractivity (Wildman–Crippen MR) is 77.1 cm³/mol. The monoisotopic (exact) mass is 323 g/mol. The molecule has 1 aromatic rings. The van der Waals surface area contributed by atoms with Crippen LogP contribution in [0.25, 0.3) is 0 Å². The minimum Gasteiger partial charge on any atom is -0.350 e. The van der Waals surface area contributed by atoms with Gasteiger partial charge >= 0.3 is 0 Å². The summed E-state index contributed by atoms with van der Waals surface area (Å²) in [6.07, 6.45) is 9.00. The lowest BCUT2D eigenvalue weighted by molar-refractivity contribution is 0.0944. The van der Waals surface area contributed by atoms with Gasteiger partial charge in [0.25, 0.3) is 5.91 Å². The molecule has 2 heterocycles. The normalized spacial score (nSPS) is 17.4. The third-order valence-corrected chi connectivity index (χ3v) is 4.42. The van der Waals surface area contributed by atoms with Crippen molar-refractivity contribution in [1.82, 2.24) is 14.9 Å². The van der Waals surface area contributed by atoms with Crippen molar-refractivity contribution in [2.75, 3.05) is 6.54 Å². The van der Waals surface area contributed by atoms with Gasteiger partial charge in [-0.05, 0) is 48.0 Å². The van der Waals surface area contributed by atoms with Crippen LogP contribution in [-0.2, 0) is 13.0 Å². The molecule has 0 aromatic carbocycles. The van der Waals surface area contributed by atoms with Gasteiger partial charge in [0.05, 0.1) is 0 Å². The standard InChI is InChI=1S/C14H18BrN3O/c15-13-12(18-9-3-6-11(18)17-13)14(19)16-8-7-10-4-1-2-5-10/h4H,1-3,5-9H2,(H,16,19). The lowest BCUT2D eigenvalue weighted by Crippen LogP contribution is -2.27. The van der Waals surface area contributed by atoms with Crippen molar-refractivity contribution in [3.63, 3.8) is 0 Å². The Hall–Kier alpha value is -1.10. The molecular formula is C14H18BrN3O. The first-order valence-corrected chi connectivity index (χ1v) is 7.76. The Balaban J connectivity index is 1.61. The van der Waals surface area contributed by atoms with Crippen LogP contribution in [0.3, 0.4) is 0 Å². The number of hydrogen-bond acceptors (Lipinski definition) is 2. The number of aryl methyl sites for hydroxylation is 1. The van der Waals surface area contributed by atoms with Crippen LogP contribution >= 0.6 is 15.9 Å². The smallest absolute Gasteiger partial charge is 0.270 e. The number of aromatic nitrogens is 2. The molecular weight excluding hydrogens is 306 g/mol. The second-order valence-electron chi connectivity index (χ2n) is 5.18. The van der Waals surface area contributed by atoms with E-state index in [-0.39, 0.29) is 5.91 Å². The Morgan fingerprint density at radius 1 is 1.42 bits per heavy atom. The fraction of sp³-hybridized carbons (Fsp3) is 0.571. The number of carbonyl (C=O) groups is 1. The molecule has 3 rings (SSSR count). The van der Waals surface area contributed by atoms with Crippen LogP contribution in [0.15, 0.2) is 16.3 Å². The fourth-order valence-electron chi connectivity index (χ4n) is 2.90. The highest BCUT2D eigenvalue weighted by molar-refractivity contribution is 9.10. The zero-order valence-electron chi connectivity index (χ0n) is 10.9. The molecule has 5 heteroatoms. The van der Waals surface area contributed by atoms with Crippen LogP contribution < -0.4 is 5.32 Å². The minimum atomic E-state index is -0.00822. The van der Waals surface area contributed by atoms with Gasteiger partial charge in [0.2, 0.25) is 0 Å². The summed E-state index contributed by atoms with van der Waals surface area (Å²) in [7, 11) is 0. The third kappa shape index (κ3) is 2.61. The molecule has 4 nitrogen and oxygen atoms in total. The van der Waals surface area contributed by atoms with Crippen molar-refractivity contribution >= 4 is 21.8 Å². The van der Waals surface area contributed by atoms with Crippen LogP contribution in [-0.4, -0.2) is 22.0 Å². The van der Waals surface area contributed by atoms with Crippen molar-refractivity contribution < 1.29 is 4.79 Å². The topological polar surface area (TPSA) is 46.9 Å². The van der Waals surface area contributed by atoms with E-state index in [0.29, 0.717) is 10.3 Å². The molecule has 1 aliphatic heterocycles. The van der Waals surface area contributed by atoms with Crippen LogP contribution in [0.1, 0.15) is 48.4 Å². The summed E-state index contributed by atoms with van der Waals surface area (Å²) < 4.78 is 2.72. The molecule has 0 saturated heterocycles. The average Bonchev–Trinajstić information content (AvgIpc) is 3.05. The van der Waals surface area contributed by atoms with Crippen molar-refractivity contribution in [3.05, 3.63) is 27.8 Å². The van der Waals surface area contributed by atoms with Crippen LogP contribution in [0.4, 0.5) is 0 Å². The second kappa shape index (κ2) is 5.49. The highest BCUT2D eigenvalue weighted by Gasteiger charge is 2.24. The molecule has 0 bridgehead atoms. The number of carbonyl (C=O) groups excluding carboxylic acids is 1. The zero-order chi connectivity index (χ0) is 13.2. The van der Waals surface area contributed by atoms with E-state index in [1.165, 1.54) is 24.8 Å². The van der Waals surface area contributed by atoms with Crippen molar-refractivity contribution in [2.45, 2.75) is 45.1 Å². The molecule has 102 valence electrons. The number of amides is 1. The van der Waals surface area contributed by atoms with Gasteiger partial charge in [-0.15, -0.1) is 0 Å². The molecule has 0 radical (unpaired) electrons. The van der Waals surface area contributed by atoms with E-state index in [0.717, 1.165) is 38.2 Å². The SMILES string of the molecule is O=C(NCCC1=CCCC1)c1c(Br)nc2n1CCC2. The van der Waals surface area contributed by atoms with Gasteiger partial charge in [0.15, 0.2) is 0 Å². The van der Waals surface area contributed by atoms with Crippen molar-refractivity contribution in [2.24, 2.45) is 0 Å². The molecule has 1 amide bonds. The molecule has 1 aliphatic carbocycles. The van der Waals surface area contributed by atoms with E-state index in [9.17, 15) is 4.79 Å². The first-order valence-electron chi connectivity index (χ1n) is 6.96. The molecule has 0 saturated carbocycles. The molecule has 19 heavy (non-hydrogen) atoms. The van der Waals surface area contributed by atoms with Crippen molar-refractivity contribution in [3.8, 4) is 0 Å². The molecule has 1 N–H and O–H groups in total. The average molecular weight is 324 g/mol. The van der Waals surface area contributed by atoms with E-state index < -0.39 is 0 Å². The highest BCUT2D eigenvalue weighted by atomic mass is 79.9. The summed E-state index contributed by atoms with van der Waals surface area (Å²) in [6.45, 7) is 1.62. The number of rotatable bonds is 4. The molecule has 0 atom stereocenters. The molecule has 0 fully saturated rings. The highest BCUT2D eigenvalue weighted by Crippen LogP contribution is 2.24. The number of nitrogens with zero attached hydrogens (tertiary/aromatic N) is 2. The summed E-state index contributed by atoms with van der Waals surface area (Å²) >= 11 is 3.40. The summed E-state index contributed by atoms with van der Waals surface area (Å²) in [5.41, 5.74) is 2.17. The molecule has 2 aliphatic rings. The van der Waals surface area contributed by atoms with E-state index in [4.69, 9.17) is 0 Å². The van der Waals surface area contributed by atoms with Crippen LogP contribution in [0.5, 0.6) is 0 Å². The number of allylic oxidation sites excluding steroid dienone is 1. The number of nitrogens with one attached hydrogen (secondary N) is 1. The Labute approximate surface area is 121 Å². The van der Waals surface area contributed by atoms with Gasteiger partial charge in [0, 0.05) is 19.5 Å². The maximum Gasteiger partial charge on any atom is 0.270 e. The number of hydrogen-bond donors (Lipinski definition) is 1. The summed E-state index contributed by atoms with van der Waals surface area (Å²) in [5, 5.41) is 3.01. The fourth-order valence-corrected chi connectivity index (χ4v) is 3.49. The summed E-state index contributed by atoms with van der Waals surface area (Å²) in [6, 6.07) is 0. The largest absolute Gasteiger partial charge is 0.350 e. The van der Waals surface area contributed by atoms with Crippen molar-refractivity contribution in [1.29, 1.82) is 0 Å². The molecule has 0 unspecified atom stereocenters. The molecule has 1 aromatic heterocycles. The summed E-state index contributed by atoms with van der Waals surface area (Å²) in [4.78, 5) is 16.6. The van der Waals surface area contributed by atoms with E-state index in [1.54, 1.807) is 0 Å². The zero-order valence-corrected chi connectivity index (χ0v) is 12.5. The van der Waals surface area contributed by atoms with Crippen LogP contribution in [0, 0.1) is 0 Å². The Bertz CT molecular complexity index is 533. The van der Waals surface area contributed by atoms with Gasteiger partial charge in [-0.1, -0.05) is 11.6 Å². The number of halogens is 1. The lowest BCUT2D eigenvalue weighted by Gasteiger charge is -2.08. The Morgan fingerprint density at radius 3 is 3.11 bits per heavy atom.